The Kier molecular flexibility index (Phi) is 2.53. The second kappa shape index (κ2) is 3.83. The first-order chi connectivity index (χ1) is 6.75. The highest BCUT2D eigenvalue weighted by Gasteiger charge is 2.05. The molecule has 0 fully saturated rings. The number of allylic oxidation sites excluding steroid dienone is 10. The Hall–Kier alpha value is -1.30. The van der Waals surface area contributed by atoms with Crippen LogP contribution in [-0.2, 0) is 0 Å². The van der Waals surface area contributed by atoms with E-state index in [-0.39, 0.29) is 0 Å². The van der Waals surface area contributed by atoms with Crippen LogP contribution in [0.1, 0.15) is 20.3 Å². The van der Waals surface area contributed by atoms with E-state index in [0.717, 1.165) is 6.42 Å². The Bertz CT molecular complexity index is 346. The van der Waals surface area contributed by atoms with E-state index in [1.165, 1.54) is 22.3 Å². The lowest BCUT2D eigenvalue weighted by Gasteiger charge is -2.12. The van der Waals surface area contributed by atoms with E-state index in [2.05, 4.69) is 56.7 Å². The molecule has 0 nitrogen and oxygen atoms in total. The van der Waals surface area contributed by atoms with Gasteiger partial charge in [0, 0.05) is 6.42 Å². The molecule has 14 heavy (non-hydrogen) atoms. The molecule has 1 radical (unpaired) electrons. The van der Waals surface area contributed by atoms with Gasteiger partial charge in [-0.1, -0.05) is 47.6 Å². The summed E-state index contributed by atoms with van der Waals surface area (Å²) in [4.78, 5) is 0. The molecule has 0 bridgehead atoms. The fourth-order valence-electron chi connectivity index (χ4n) is 1.62. The third-order valence-corrected chi connectivity index (χ3v) is 2.61. The monoisotopic (exact) mass is 183 g/mol. The minimum atomic E-state index is 1.06. The minimum absolute atomic E-state index is 1.06. The number of hydrogen-bond donors (Lipinski definition) is 0. The summed E-state index contributed by atoms with van der Waals surface area (Å²) >= 11 is 0. The molecule has 0 N–H and O–H groups in total. The van der Waals surface area contributed by atoms with Gasteiger partial charge >= 0.3 is 0 Å². The molecule has 0 amide bonds. The highest BCUT2D eigenvalue weighted by atomic mass is 14.1. The molecule has 0 aliphatic heterocycles. The lowest BCUT2D eigenvalue weighted by molar-refractivity contribution is 1.18. The van der Waals surface area contributed by atoms with Crippen molar-refractivity contribution < 1.29 is 0 Å². The highest BCUT2D eigenvalue weighted by Crippen LogP contribution is 2.24. The van der Waals surface area contributed by atoms with E-state index >= 15 is 0 Å². The molecule has 0 aromatic rings. The predicted octanol–water partition coefficient (Wildman–Crippen LogP) is 3.91. The second-order valence-corrected chi connectivity index (χ2v) is 3.88. The zero-order chi connectivity index (χ0) is 9.97. The Morgan fingerprint density at radius 3 is 2.29 bits per heavy atom. The van der Waals surface area contributed by atoms with Crippen LogP contribution in [0.15, 0.2) is 58.7 Å². The Balaban J connectivity index is 2.21. The maximum absolute atomic E-state index is 2.27. The van der Waals surface area contributed by atoms with Crippen LogP contribution in [0, 0.1) is 6.42 Å². The lowest BCUT2D eigenvalue weighted by atomic mass is 9.93. The first kappa shape index (κ1) is 9.26. The number of hydrogen-bond acceptors (Lipinski definition) is 0. The van der Waals surface area contributed by atoms with E-state index in [1.807, 2.05) is 0 Å². The van der Waals surface area contributed by atoms with Gasteiger partial charge in [-0.05, 0) is 31.4 Å². The molecular formula is C14H15. The molecule has 2 rings (SSSR count). The summed E-state index contributed by atoms with van der Waals surface area (Å²) < 4.78 is 0. The fourth-order valence-corrected chi connectivity index (χ4v) is 1.62. The van der Waals surface area contributed by atoms with Gasteiger partial charge in [-0.15, -0.1) is 0 Å². The Morgan fingerprint density at radius 1 is 0.929 bits per heavy atom. The van der Waals surface area contributed by atoms with Gasteiger partial charge in [0.15, 0.2) is 0 Å². The van der Waals surface area contributed by atoms with Gasteiger partial charge in [0.25, 0.3) is 0 Å². The van der Waals surface area contributed by atoms with Crippen molar-refractivity contribution in [2.75, 3.05) is 0 Å². The van der Waals surface area contributed by atoms with Gasteiger partial charge in [0.1, 0.15) is 0 Å². The molecule has 0 saturated heterocycles. The molecule has 0 heterocycles. The van der Waals surface area contributed by atoms with Crippen molar-refractivity contribution in [2.45, 2.75) is 20.3 Å². The zero-order valence-corrected chi connectivity index (χ0v) is 8.75. The predicted molar refractivity (Wildman–Crippen MR) is 61.7 cm³/mol. The average Bonchev–Trinajstić information content (AvgIpc) is 2.21. The summed E-state index contributed by atoms with van der Waals surface area (Å²) in [7, 11) is 0. The summed E-state index contributed by atoms with van der Waals surface area (Å²) in [6.07, 6.45) is 16.5. The van der Waals surface area contributed by atoms with Crippen molar-refractivity contribution >= 4 is 0 Å². The van der Waals surface area contributed by atoms with Crippen molar-refractivity contribution in [3.63, 3.8) is 0 Å². The summed E-state index contributed by atoms with van der Waals surface area (Å²) in [6.45, 7) is 4.26. The fraction of sp³-hybridized carbons (Fsp3) is 0.214. The Labute approximate surface area is 86.0 Å². The van der Waals surface area contributed by atoms with Gasteiger partial charge in [-0.3, -0.25) is 0 Å². The smallest absolute Gasteiger partial charge is 0.0130 e. The van der Waals surface area contributed by atoms with Crippen LogP contribution in [-0.4, -0.2) is 0 Å². The van der Waals surface area contributed by atoms with E-state index in [4.69, 9.17) is 0 Å². The molecule has 0 heteroatoms. The van der Waals surface area contributed by atoms with Gasteiger partial charge in [0.2, 0.25) is 0 Å². The summed E-state index contributed by atoms with van der Waals surface area (Å²) in [5.41, 5.74) is 5.44. The molecule has 2 aliphatic carbocycles. The standard InChI is InChI=1S/C14H15/c1-11-3-7-13(8-4-11)14-9-5-12(2)6-10-14/h3-9H,10H2,1-2H3. The molecule has 0 aromatic heterocycles. The van der Waals surface area contributed by atoms with Gasteiger partial charge in [-0.2, -0.15) is 0 Å². The average molecular weight is 183 g/mol. The van der Waals surface area contributed by atoms with Crippen LogP contribution in [0.3, 0.4) is 0 Å². The summed E-state index contributed by atoms with van der Waals surface area (Å²) in [5, 5.41) is 0. The third-order valence-electron chi connectivity index (χ3n) is 2.61. The van der Waals surface area contributed by atoms with Crippen LogP contribution < -0.4 is 0 Å². The van der Waals surface area contributed by atoms with Crippen molar-refractivity contribution in [3.05, 3.63) is 65.2 Å². The van der Waals surface area contributed by atoms with Crippen molar-refractivity contribution in [2.24, 2.45) is 0 Å². The van der Waals surface area contributed by atoms with E-state index in [9.17, 15) is 0 Å². The van der Waals surface area contributed by atoms with Crippen molar-refractivity contribution in [3.8, 4) is 0 Å². The first-order valence-electron chi connectivity index (χ1n) is 5.03. The van der Waals surface area contributed by atoms with E-state index in [0.29, 0.717) is 0 Å². The van der Waals surface area contributed by atoms with Gasteiger partial charge in [0.05, 0.1) is 0 Å². The maximum atomic E-state index is 2.27. The minimum Gasteiger partial charge on any atom is -0.0772 e. The molecular weight excluding hydrogens is 168 g/mol. The topological polar surface area (TPSA) is 0 Å². The maximum Gasteiger partial charge on any atom is 0.0130 e. The molecule has 0 spiro atoms. The lowest BCUT2D eigenvalue weighted by Crippen LogP contribution is -1.94. The van der Waals surface area contributed by atoms with Crippen molar-refractivity contribution in [1.82, 2.24) is 0 Å². The highest BCUT2D eigenvalue weighted by molar-refractivity contribution is 5.50. The molecule has 0 aromatic carbocycles. The quantitative estimate of drug-likeness (QED) is 0.534. The Morgan fingerprint density at radius 2 is 1.71 bits per heavy atom. The van der Waals surface area contributed by atoms with Crippen molar-refractivity contribution in [1.29, 1.82) is 0 Å². The van der Waals surface area contributed by atoms with Crippen LogP contribution in [0.25, 0.3) is 0 Å². The van der Waals surface area contributed by atoms with Gasteiger partial charge in [-0.25, -0.2) is 0 Å². The van der Waals surface area contributed by atoms with Gasteiger partial charge < -0.3 is 0 Å². The largest absolute Gasteiger partial charge is 0.0772 e. The third kappa shape index (κ3) is 1.95. The molecule has 0 atom stereocenters. The molecule has 2 aliphatic rings. The van der Waals surface area contributed by atoms with Crippen LogP contribution in [0.5, 0.6) is 0 Å². The van der Waals surface area contributed by atoms with E-state index in [1.54, 1.807) is 0 Å². The molecule has 0 unspecified atom stereocenters. The SMILES string of the molecule is CC1=C[CH]/C(=C2\C=CC(C)=CC2)C=C1. The van der Waals surface area contributed by atoms with Crippen LogP contribution >= 0.6 is 0 Å². The second-order valence-electron chi connectivity index (χ2n) is 3.88. The van der Waals surface area contributed by atoms with Crippen LogP contribution in [0.2, 0.25) is 0 Å². The van der Waals surface area contributed by atoms with E-state index < -0.39 is 0 Å². The number of rotatable bonds is 0. The summed E-state index contributed by atoms with van der Waals surface area (Å²) in [6, 6.07) is 0. The summed E-state index contributed by atoms with van der Waals surface area (Å²) in [5.74, 6) is 0. The molecule has 0 saturated carbocycles. The zero-order valence-electron chi connectivity index (χ0n) is 8.75. The van der Waals surface area contributed by atoms with Crippen LogP contribution in [0.4, 0.5) is 0 Å². The molecule has 71 valence electrons. The normalized spacial score (nSPS) is 26.1. The first-order valence-corrected chi connectivity index (χ1v) is 5.03.